The van der Waals surface area contributed by atoms with E-state index in [1.165, 1.54) is 0 Å². The quantitative estimate of drug-likeness (QED) is 0.508. The molecule has 2 N–H and O–H groups in total. The Bertz CT molecular complexity index is 604. The van der Waals surface area contributed by atoms with E-state index >= 15 is 0 Å². The number of oxime groups is 1. The molecule has 0 saturated heterocycles. The van der Waals surface area contributed by atoms with Gasteiger partial charge in [-0.3, -0.25) is 4.79 Å². The van der Waals surface area contributed by atoms with Gasteiger partial charge in [-0.25, -0.2) is 0 Å². The topological polar surface area (TPSA) is 61.7 Å². The van der Waals surface area contributed by atoms with Gasteiger partial charge in [0.05, 0.1) is 12.1 Å². The number of nitrogens with zero attached hydrogens (tertiary/aromatic N) is 1. The van der Waals surface area contributed by atoms with E-state index in [0.717, 1.165) is 16.8 Å². The molecule has 0 aliphatic carbocycles. The van der Waals surface area contributed by atoms with Gasteiger partial charge in [0.25, 0.3) is 0 Å². The number of hydrogen-bond acceptors (Lipinski definition) is 3. The zero-order valence-electron chi connectivity index (χ0n) is 11.2. The minimum Gasteiger partial charge on any atom is -0.411 e. The van der Waals surface area contributed by atoms with Gasteiger partial charge in [0.1, 0.15) is 0 Å². The van der Waals surface area contributed by atoms with E-state index in [4.69, 9.17) is 5.21 Å². The molecule has 2 aromatic carbocycles. The Morgan fingerprint density at radius 3 is 2.35 bits per heavy atom. The highest BCUT2D eigenvalue weighted by atomic mass is 16.4. The summed E-state index contributed by atoms with van der Waals surface area (Å²) in [7, 11) is 0. The third kappa shape index (κ3) is 3.68. The summed E-state index contributed by atoms with van der Waals surface area (Å²) in [5.74, 6) is -0.0588. The Morgan fingerprint density at radius 1 is 1.10 bits per heavy atom. The molecule has 0 atom stereocenters. The van der Waals surface area contributed by atoms with E-state index in [1.54, 1.807) is 31.2 Å². The number of rotatable bonds is 4. The average Bonchev–Trinajstić information content (AvgIpc) is 2.48. The first-order chi connectivity index (χ1) is 9.69. The fourth-order valence-corrected chi connectivity index (χ4v) is 1.84. The molecule has 102 valence electrons. The van der Waals surface area contributed by atoms with E-state index < -0.39 is 0 Å². The lowest BCUT2D eigenvalue weighted by atomic mass is 10.1. The molecular weight excluding hydrogens is 252 g/mol. The van der Waals surface area contributed by atoms with Crippen molar-refractivity contribution in [3.63, 3.8) is 0 Å². The van der Waals surface area contributed by atoms with Crippen molar-refractivity contribution in [3.05, 3.63) is 65.7 Å². The first-order valence-corrected chi connectivity index (χ1v) is 6.32. The Labute approximate surface area is 117 Å². The van der Waals surface area contributed by atoms with Crippen molar-refractivity contribution in [2.45, 2.75) is 13.3 Å². The van der Waals surface area contributed by atoms with Crippen molar-refractivity contribution in [2.75, 3.05) is 5.32 Å². The number of benzene rings is 2. The van der Waals surface area contributed by atoms with Crippen LogP contribution in [0.2, 0.25) is 0 Å². The molecule has 4 nitrogen and oxygen atoms in total. The van der Waals surface area contributed by atoms with Gasteiger partial charge in [-0.05, 0) is 30.2 Å². The van der Waals surface area contributed by atoms with Crippen LogP contribution in [0.25, 0.3) is 0 Å². The lowest BCUT2D eigenvalue weighted by Gasteiger charge is -2.06. The van der Waals surface area contributed by atoms with E-state index in [1.807, 2.05) is 30.3 Å². The van der Waals surface area contributed by atoms with Gasteiger partial charge in [0.15, 0.2) is 0 Å². The molecule has 2 aromatic rings. The van der Waals surface area contributed by atoms with Crippen LogP contribution in [-0.4, -0.2) is 16.8 Å². The summed E-state index contributed by atoms with van der Waals surface area (Å²) in [6, 6.07) is 16.8. The molecule has 0 fully saturated rings. The van der Waals surface area contributed by atoms with Crippen LogP contribution in [0.5, 0.6) is 0 Å². The van der Waals surface area contributed by atoms with Crippen LogP contribution in [0.3, 0.4) is 0 Å². The fourth-order valence-electron chi connectivity index (χ4n) is 1.84. The van der Waals surface area contributed by atoms with E-state index in [9.17, 15) is 4.79 Å². The molecule has 0 saturated carbocycles. The van der Waals surface area contributed by atoms with Gasteiger partial charge in [-0.2, -0.15) is 0 Å². The normalized spacial score (nSPS) is 11.2. The highest BCUT2D eigenvalue weighted by molar-refractivity contribution is 5.99. The van der Waals surface area contributed by atoms with E-state index in [2.05, 4.69) is 10.5 Å². The monoisotopic (exact) mass is 268 g/mol. The second-order valence-corrected chi connectivity index (χ2v) is 4.47. The predicted molar refractivity (Wildman–Crippen MR) is 79.2 cm³/mol. The fraction of sp³-hybridized carbons (Fsp3) is 0.125. The summed E-state index contributed by atoms with van der Waals surface area (Å²) in [5, 5.41) is 14.7. The van der Waals surface area contributed by atoms with Gasteiger partial charge in [0, 0.05) is 5.69 Å². The molecule has 0 aliphatic rings. The Hall–Kier alpha value is -2.62. The van der Waals surface area contributed by atoms with Crippen molar-refractivity contribution >= 4 is 17.3 Å². The Balaban J connectivity index is 1.98. The van der Waals surface area contributed by atoms with Crippen LogP contribution >= 0.6 is 0 Å². The summed E-state index contributed by atoms with van der Waals surface area (Å²) in [6.07, 6.45) is 0.347. The molecule has 0 radical (unpaired) electrons. The van der Waals surface area contributed by atoms with Crippen LogP contribution in [0.4, 0.5) is 5.69 Å². The molecule has 2 rings (SSSR count). The minimum absolute atomic E-state index is 0.0588. The maximum Gasteiger partial charge on any atom is 0.228 e. The van der Waals surface area contributed by atoms with Crippen molar-refractivity contribution in [1.29, 1.82) is 0 Å². The number of carbonyl (C=O) groups is 1. The first kappa shape index (κ1) is 13.8. The molecule has 0 spiro atoms. The standard InChI is InChI=1S/C16H16N2O2/c1-12(18-20)14-7-9-15(10-8-14)17-16(19)11-13-5-3-2-4-6-13/h2-10,20H,11H2,1H3,(H,17,19)/b18-12+. The molecule has 0 unspecified atom stereocenters. The third-order valence-corrected chi connectivity index (χ3v) is 2.94. The van der Waals surface area contributed by atoms with Crippen molar-refractivity contribution < 1.29 is 10.0 Å². The van der Waals surface area contributed by atoms with Gasteiger partial charge < -0.3 is 10.5 Å². The van der Waals surface area contributed by atoms with Crippen LogP contribution < -0.4 is 5.32 Å². The molecule has 0 bridgehead atoms. The average molecular weight is 268 g/mol. The summed E-state index contributed by atoms with van der Waals surface area (Å²) in [5.41, 5.74) is 3.05. The summed E-state index contributed by atoms with van der Waals surface area (Å²) >= 11 is 0. The molecule has 4 heteroatoms. The highest BCUT2D eigenvalue weighted by Crippen LogP contribution is 2.11. The Morgan fingerprint density at radius 2 is 1.75 bits per heavy atom. The van der Waals surface area contributed by atoms with Gasteiger partial charge in [-0.1, -0.05) is 47.6 Å². The van der Waals surface area contributed by atoms with Gasteiger partial charge >= 0.3 is 0 Å². The van der Waals surface area contributed by atoms with Crippen LogP contribution in [0.1, 0.15) is 18.1 Å². The summed E-state index contributed by atoms with van der Waals surface area (Å²) < 4.78 is 0. The summed E-state index contributed by atoms with van der Waals surface area (Å²) in [6.45, 7) is 1.71. The highest BCUT2D eigenvalue weighted by Gasteiger charge is 2.04. The maximum atomic E-state index is 11.9. The number of hydrogen-bond donors (Lipinski definition) is 2. The minimum atomic E-state index is -0.0588. The third-order valence-electron chi connectivity index (χ3n) is 2.94. The van der Waals surface area contributed by atoms with Crippen molar-refractivity contribution in [2.24, 2.45) is 5.16 Å². The predicted octanol–water partition coefficient (Wildman–Crippen LogP) is 3.07. The van der Waals surface area contributed by atoms with Crippen molar-refractivity contribution in [3.8, 4) is 0 Å². The lowest BCUT2D eigenvalue weighted by Crippen LogP contribution is -2.14. The second kappa shape index (κ2) is 6.52. The van der Waals surface area contributed by atoms with Crippen molar-refractivity contribution in [1.82, 2.24) is 0 Å². The van der Waals surface area contributed by atoms with Gasteiger partial charge in [-0.15, -0.1) is 0 Å². The second-order valence-electron chi connectivity index (χ2n) is 4.47. The molecule has 0 aromatic heterocycles. The zero-order valence-corrected chi connectivity index (χ0v) is 11.2. The molecule has 20 heavy (non-hydrogen) atoms. The first-order valence-electron chi connectivity index (χ1n) is 6.32. The molecular formula is C16H16N2O2. The summed E-state index contributed by atoms with van der Waals surface area (Å²) in [4.78, 5) is 11.9. The van der Waals surface area contributed by atoms with Crippen LogP contribution in [0.15, 0.2) is 59.8 Å². The zero-order chi connectivity index (χ0) is 14.4. The van der Waals surface area contributed by atoms with E-state index in [0.29, 0.717) is 12.1 Å². The molecule has 0 heterocycles. The number of nitrogens with one attached hydrogen (secondary N) is 1. The van der Waals surface area contributed by atoms with Crippen LogP contribution in [0, 0.1) is 0 Å². The smallest absolute Gasteiger partial charge is 0.228 e. The maximum absolute atomic E-state index is 11.9. The molecule has 1 amide bonds. The van der Waals surface area contributed by atoms with Crippen LogP contribution in [-0.2, 0) is 11.2 Å². The van der Waals surface area contributed by atoms with Gasteiger partial charge in [0.2, 0.25) is 5.91 Å². The largest absolute Gasteiger partial charge is 0.411 e. The number of anilines is 1. The molecule has 0 aliphatic heterocycles. The number of carbonyl (C=O) groups excluding carboxylic acids is 1. The lowest BCUT2D eigenvalue weighted by molar-refractivity contribution is -0.115. The van der Waals surface area contributed by atoms with E-state index in [-0.39, 0.29) is 5.91 Å². The number of amides is 1. The SMILES string of the molecule is C/C(=N\O)c1ccc(NC(=O)Cc2ccccc2)cc1. The Kier molecular flexibility index (Phi) is 4.50.